The first-order valence-corrected chi connectivity index (χ1v) is 9.06. The number of benzene rings is 1. The maximum absolute atomic E-state index is 12.8. The highest BCUT2D eigenvalue weighted by Gasteiger charge is 2.32. The molecule has 0 spiro atoms. The number of carbonyl (C=O) groups excluding carboxylic acids is 2. The minimum atomic E-state index is -4.50. The molecule has 1 amide bonds. The summed E-state index contributed by atoms with van der Waals surface area (Å²) in [6, 6.07) is 6.83. The van der Waals surface area contributed by atoms with Crippen molar-refractivity contribution in [1.82, 2.24) is 5.32 Å². The van der Waals surface area contributed by atoms with E-state index in [0.717, 1.165) is 56.4 Å². The molecule has 150 valence electrons. The Labute approximate surface area is 159 Å². The van der Waals surface area contributed by atoms with E-state index in [1.165, 1.54) is 18.4 Å². The van der Waals surface area contributed by atoms with Crippen molar-refractivity contribution in [2.75, 3.05) is 0 Å². The summed E-state index contributed by atoms with van der Waals surface area (Å²) in [5, 5.41) is 2.84. The number of esters is 1. The summed E-state index contributed by atoms with van der Waals surface area (Å²) in [5.74, 6) is -1.53. The van der Waals surface area contributed by atoms with Crippen LogP contribution in [0.1, 0.15) is 59.9 Å². The summed E-state index contributed by atoms with van der Waals surface area (Å²) >= 11 is 0. The number of ether oxygens (including phenoxy) is 1. The fourth-order valence-electron chi connectivity index (χ4n) is 3.20. The number of rotatable bonds is 5. The largest absolute Gasteiger partial charge is 0.457 e. The number of halogens is 3. The van der Waals surface area contributed by atoms with Crippen LogP contribution in [0.3, 0.4) is 0 Å². The van der Waals surface area contributed by atoms with Crippen LogP contribution in [0.15, 0.2) is 47.1 Å². The topological polar surface area (TPSA) is 68.5 Å². The van der Waals surface area contributed by atoms with E-state index in [4.69, 9.17) is 9.15 Å². The Morgan fingerprint density at radius 2 is 1.75 bits per heavy atom. The number of nitrogens with one attached hydrogen (secondary N) is 1. The third kappa shape index (κ3) is 4.94. The van der Waals surface area contributed by atoms with E-state index in [1.807, 2.05) is 0 Å². The van der Waals surface area contributed by atoms with Gasteiger partial charge in [0.25, 0.3) is 5.91 Å². The highest BCUT2D eigenvalue weighted by atomic mass is 19.4. The highest BCUT2D eigenvalue weighted by Crippen LogP contribution is 2.31. The molecule has 0 unspecified atom stereocenters. The average molecular weight is 395 g/mol. The van der Waals surface area contributed by atoms with Crippen LogP contribution < -0.4 is 5.32 Å². The molecule has 1 saturated carbocycles. The van der Waals surface area contributed by atoms with Crippen LogP contribution in [0.4, 0.5) is 13.2 Å². The molecule has 1 N–H and O–H groups in total. The number of carbonyl (C=O) groups is 2. The number of hydrogen-bond acceptors (Lipinski definition) is 4. The molecule has 1 atom stereocenters. The Balaban J connectivity index is 1.80. The van der Waals surface area contributed by atoms with Gasteiger partial charge in [-0.05, 0) is 37.1 Å². The molecule has 1 aliphatic rings. The van der Waals surface area contributed by atoms with Gasteiger partial charge in [0.05, 0.1) is 11.8 Å². The Morgan fingerprint density at radius 3 is 2.32 bits per heavy atom. The zero-order valence-electron chi connectivity index (χ0n) is 15.0. The van der Waals surface area contributed by atoms with Gasteiger partial charge in [-0.1, -0.05) is 31.4 Å². The zero-order chi connectivity index (χ0) is 20.1. The third-order valence-corrected chi connectivity index (χ3v) is 4.68. The number of furan rings is 1. The van der Waals surface area contributed by atoms with Crippen molar-refractivity contribution < 1.29 is 31.9 Å². The number of alkyl halides is 3. The van der Waals surface area contributed by atoms with Crippen molar-refractivity contribution in [3.8, 4) is 0 Å². The fraction of sp³-hybridized carbons (Fsp3) is 0.400. The van der Waals surface area contributed by atoms with Gasteiger partial charge in [0.2, 0.25) is 11.9 Å². The molecule has 1 aliphatic carbocycles. The van der Waals surface area contributed by atoms with E-state index < -0.39 is 29.7 Å². The molecule has 0 radical (unpaired) electrons. The lowest BCUT2D eigenvalue weighted by Gasteiger charge is -2.25. The summed E-state index contributed by atoms with van der Waals surface area (Å²) in [6.07, 6.45) is 0.123. The monoisotopic (exact) mass is 395 g/mol. The van der Waals surface area contributed by atoms with Gasteiger partial charge < -0.3 is 14.5 Å². The molecular weight excluding hydrogens is 375 g/mol. The van der Waals surface area contributed by atoms with Gasteiger partial charge in [0.1, 0.15) is 0 Å². The molecule has 1 aromatic carbocycles. The van der Waals surface area contributed by atoms with E-state index in [9.17, 15) is 22.8 Å². The first kappa shape index (κ1) is 20.0. The number of amides is 1. The number of hydrogen-bond donors (Lipinski definition) is 1. The van der Waals surface area contributed by atoms with Crippen LogP contribution in [0.5, 0.6) is 0 Å². The second kappa shape index (κ2) is 8.50. The summed E-state index contributed by atoms with van der Waals surface area (Å²) < 4.78 is 48.7. The Bertz CT molecular complexity index is 794. The van der Waals surface area contributed by atoms with Crippen LogP contribution in [-0.2, 0) is 15.7 Å². The van der Waals surface area contributed by atoms with Gasteiger partial charge >= 0.3 is 12.1 Å². The Kier molecular flexibility index (Phi) is 6.06. The molecule has 8 heteroatoms. The van der Waals surface area contributed by atoms with Crippen molar-refractivity contribution in [3.05, 3.63) is 59.5 Å². The van der Waals surface area contributed by atoms with E-state index in [0.29, 0.717) is 0 Å². The van der Waals surface area contributed by atoms with E-state index in [2.05, 4.69) is 5.32 Å². The molecule has 28 heavy (non-hydrogen) atoms. The lowest BCUT2D eigenvalue weighted by molar-refractivity contribution is -0.137. The molecule has 0 bridgehead atoms. The predicted molar refractivity (Wildman–Crippen MR) is 93.3 cm³/mol. The highest BCUT2D eigenvalue weighted by molar-refractivity contribution is 5.90. The lowest BCUT2D eigenvalue weighted by atomic mass is 9.95. The summed E-state index contributed by atoms with van der Waals surface area (Å²) in [7, 11) is 0. The summed E-state index contributed by atoms with van der Waals surface area (Å²) in [6.45, 7) is 0. The zero-order valence-corrected chi connectivity index (χ0v) is 15.0. The molecule has 1 aromatic heterocycles. The molecule has 1 fully saturated rings. The SMILES string of the molecule is O=C(O[C@@H](C(=O)NC1CCCCC1)c1ccc(C(F)(F)F)cc1)c1ccco1. The van der Waals surface area contributed by atoms with Crippen molar-refractivity contribution in [3.63, 3.8) is 0 Å². The van der Waals surface area contributed by atoms with Crippen LogP contribution in [0, 0.1) is 0 Å². The molecule has 0 aliphatic heterocycles. The smallest absolute Gasteiger partial charge is 0.416 e. The first-order valence-electron chi connectivity index (χ1n) is 9.06. The van der Waals surface area contributed by atoms with E-state index in [1.54, 1.807) is 0 Å². The van der Waals surface area contributed by atoms with Gasteiger partial charge in [-0.25, -0.2) is 4.79 Å². The van der Waals surface area contributed by atoms with Gasteiger partial charge in [-0.2, -0.15) is 13.2 Å². The van der Waals surface area contributed by atoms with Crippen LogP contribution in [-0.4, -0.2) is 17.9 Å². The van der Waals surface area contributed by atoms with Crippen LogP contribution in [0.25, 0.3) is 0 Å². The quantitative estimate of drug-likeness (QED) is 0.749. The van der Waals surface area contributed by atoms with Crippen LogP contribution in [0.2, 0.25) is 0 Å². The standard InChI is InChI=1S/C20H20F3NO4/c21-20(22,23)14-10-8-13(9-11-14)17(28-19(26)16-7-4-12-27-16)18(25)24-15-5-2-1-3-6-15/h4,7-12,15,17H,1-3,5-6H2,(H,24,25)/t17-/m1/s1. The second-order valence-electron chi connectivity index (χ2n) is 6.73. The molecule has 2 aromatic rings. The molecule has 0 saturated heterocycles. The Hall–Kier alpha value is -2.77. The normalized spacial score (nSPS) is 16.4. The van der Waals surface area contributed by atoms with Crippen molar-refractivity contribution in [1.29, 1.82) is 0 Å². The summed E-state index contributed by atoms with van der Waals surface area (Å²) in [4.78, 5) is 25.0. The van der Waals surface area contributed by atoms with E-state index >= 15 is 0 Å². The van der Waals surface area contributed by atoms with E-state index in [-0.39, 0.29) is 17.4 Å². The van der Waals surface area contributed by atoms with Crippen molar-refractivity contribution in [2.45, 2.75) is 50.4 Å². The molecular formula is C20H20F3NO4. The minimum Gasteiger partial charge on any atom is -0.457 e. The molecule has 3 rings (SSSR count). The maximum atomic E-state index is 12.8. The van der Waals surface area contributed by atoms with Gasteiger partial charge in [0.15, 0.2) is 0 Å². The Morgan fingerprint density at radius 1 is 1.07 bits per heavy atom. The van der Waals surface area contributed by atoms with Crippen LogP contribution >= 0.6 is 0 Å². The van der Waals surface area contributed by atoms with Crippen molar-refractivity contribution in [2.24, 2.45) is 0 Å². The second-order valence-corrected chi connectivity index (χ2v) is 6.73. The average Bonchev–Trinajstić information content (AvgIpc) is 3.21. The third-order valence-electron chi connectivity index (χ3n) is 4.68. The van der Waals surface area contributed by atoms with Gasteiger partial charge in [-0.3, -0.25) is 4.79 Å². The first-order chi connectivity index (χ1) is 13.3. The molecule has 5 nitrogen and oxygen atoms in total. The lowest BCUT2D eigenvalue weighted by Crippen LogP contribution is -2.40. The molecule has 1 heterocycles. The predicted octanol–water partition coefficient (Wildman–Crippen LogP) is 4.65. The summed E-state index contributed by atoms with van der Waals surface area (Å²) in [5.41, 5.74) is -0.693. The minimum absolute atomic E-state index is 0.0412. The maximum Gasteiger partial charge on any atom is 0.416 e. The van der Waals surface area contributed by atoms with Crippen molar-refractivity contribution >= 4 is 11.9 Å². The fourth-order valence-corrected chi connectivity index (χ4v) is 3.20. The van der Waals surface area contributed by atoms with Gasteiger partial charge in [0, 0.05) is 11.6 Å². The van der Waals surface area contributed by atoms with Gasteiger partial charge in [-0.15, -0.1) is 0 Å².